The fourth-order valence-electron chi connectivity index (χ4n) is 2.89. The fourth-order valence-corrected chi connectivity index (χ4v) is 2.89. The van der Waals surface area contributed by atoms with Crippen molar-refractivity contribution in [2.45, 2.75) is 32.6 Å². The minimum atomic E-state index is -0.133. The maximum atomic E-state index is 12.3. The zero-order valence-electron chi connectivity index (χ0n) is 15.4. The molecule has 0 radical (unpaired) electrons. The molecule has 2 aromatic rings. The van der Waals surface area contributed by atoms with E-state index >= 15 is 0 Å². The first-order chi connectivity index (χ1) is 12.3. The molecule has 0 aliphatic carbocycles. The van der Waals surface area contributed by atoms with Crippen LogP contribution in [0.4, 0.5) is 11.4 Å². The highest BCUT2D eigenvalue weighted by atomic mass is 16.5. The topological polar surface area (TPSA) is 58.6 Å². The van der Waals surface area contributed by atoms with E-state index in [1.807, 2.05) is 48.5 Å². The molecule has 3 rings (SSSR count). The van der Waals surface area contributed by atoms with E-state index in [1.165, 1.54) is 5.56 Å². The molecule has 0 spiro atoms. The number of benzene rings is 2. The Kier molecular flexibility index (Phi) is 4.98. The third kappa shape index (κ3) is 4.04. The highest BCUT2D eigenvalue weighted by molar-refractivity contribution is 5.99. The van der Waals surface area contributed by atoms with Crippen LogP contribution < -0.4 is 15.0 Å². The van der Waals surface area contributed by atoms with Gasteiger partial charge in [0.2, 0.25) is 5.91 Å². The quantitative estimate of drug-likeness (QED) is 0.912. The number of hydrogen-bond donors (Lipinski definition) is 1. The molecule has 0 saturated heterocycles. The molecule has 0 fully saturated rings. The van der Waals surface area contributed by atoms with Crippen molar-refractivity contribution in [2.24, 2.45) is 0 Å². The molecule has 26 heavy (non-hydrogen) atoms. The van der Waals surface area contributed by atoms with Gasteiger partial charge >= 0.3 is 0 Å². The summed E-state index contributed by atoms with van der Waals surface area (Å²) in [6, 6.07) is 15.2. The maximum Gasteiger partial charge on any atom is 0.265 e. The number of ether oxygens (including phenoxy) is 1. The van der Waals surface area contributed by atoms with Crippen molar-refractivity contribution in [1.29, 1.82) is 0 Å². The van der Waals surface area contributed by atoms with Gasteiger partial charge in [-0.05, 0) is 35.2 Å². The van der Waals surface area contributed by atoms with Gasteiger partial charge in [0.1, 0.15) is 5.75 Å². The Hall–Kier alpha value is -2.82. The number of nitrogens with zero attached hydrogens (tertiary/aromatic N) is 1. The van der Waals surface area contributed by atoms with Crippen molar-refractivity contribution in [2.75, 3.05) is 23.4 Å². The number of anilines is 2. The summed E-state index contributed by atoms with van der Waals surface area (Å²) in [6.45, 7) is 6.78. The normalized spacial score (nSPS) is 13.8. The van der Waals surface area contributed by atoms with Crippen LogP contribution in [0.25, 0.3) is 0 Å². The second kappa shape index (κ2) is 7.20. The molecule has 2 aromatic carbocycles. The average molecular weight is 352 g/mol. The number of carbonyl (C=O) groups excluding carboxylic acids is 2. The molecule has 136 valence electrons. The number of nitrogens with one attached hydrogen (secondary N) is 1. The highest BCUT2D eigenvalue weighted by Crippen LogP contribution is 2.31. The van der Waals surface area contributed by atoms with Crippen molar-refractivity contribution in [3.05, 3.63) is 54.1 Å². The molecule has 0 atom stereocenters. The zero-order chi connectivity index (χ0) is 18.7. The standard InChI is InChI=1S/C21H24N2O3/c1-21(2,3)15-8-10-16(11-9-15)22-19(24)12-13-23-17-6-4-5-7-18(17)26-14-20(23)25/h4-11H,12-14H2,1-3H3,(H,22,24). The van der Waals surface area contributed by atoms with Gasteiger partial charge in [-0.2, -0.15) is 0 Å². The predicted octanol–water partition coefficient (Wildman–Crippen LogP) is 3.74. The van der Waals surface area contributed by atoms with E-state index < -0.39 is 0 Å². The van der Waals surface area contributed by atoms with Crippen LogP contribution in [0, 0.1) is 0 Å². The summed E-state index contributed by atoms with van der Waals surface area (Å²) in [5.74, 6) is 0.418. The third-order valence-corrected chi connectivity index (χ3v) is 4.41. The first kappa shape index (κ1) is 18.0. The lowest BCUT2D eigenvalue weighted by Gasteiger charge is -2.29. The van der Waals surface area contributed by atoms with Crippen LogP contribution in [-0.2, 0) is 15.0 Å². The third-order valence-electron chi connectivity index (χ3n) is 4.41. The summed E-state index contributed by atoms with van der Waals surface area (Å²) in [4.78, 5) is 26.0. The molecule has 1 aliphatic rings. The lowest BCUT2D eigenvalue weighted by atomic mass is 9.87. The summed E-state index contributed by atoms with van der Waals surface area (Å²) in [6.07, 6.45) is 0.223. The van der Waals surface area contributed by atoms with Gasteiger partial charge in [0.25, 0.3) is 5.91 Å². The van der Waals surface area contributed by atoms with Crippen LogP contribution in [0.1, 0.15) is 32.8 Å². The Labute approximate surface area is 154 Å². The molecule has 1 heterocycles. The first-order valence-electron chi connectivity index (χ1n) is 8.77. The van der Waals surface area contributed by atoms with Crippen LogP contribution in [0.2, 0.25) is 0 Å². The molecule has 1 N–H and O–H groups in total. The summed E-state index contributed by atoms with van der Waals surface area (Å²) < 4.78 is 5.42. The molecule has 0 saturated carbocycles. The van der Waals surface area contributed by atoms with Crippen LogP contribution in [0.3, 0.4) is 0 Å². The van der Waals surface area contributed by atoms with E-state index in [4.69, 9.17) is 4.74 Å². The summed E-state index contributed by atoms with van der Waals surface area (Å²) in [5, 5.41) is 2.89. The van der Waals surface area contributed by atoms with Crippen molar-refractivity contribution >= 4 is 23.2 Å². The van der Waals surface area contributed by atoms with Crippen molar-refractivity contribution < 1.29 is 14.3 Å². The number of amides is 2. The van der Waals surface area contributed by atoms with Gasteiger partial charge in [0, 0.05) is 18.7 Å². The summed E-state index contributed by atoms with van der Waals surface area (Å²) in [5.41, 5.74) is 2.76. The molecule has 2 amide bonds. The average Bonchev–Trinajstić information content (AvgIpc) is 2.60. The lowest BCUT2D eigenvalue weighted by molar-refractivity contribution is -0.121. The van der Waals surface area contributed by atoms with Crippen LogP contribution in [0.15, 0.2) is 48.5 Å². The molecular weight excluding hydrogens is 328 g/mol. The van der Waals surface area contributed by atoms with Gasteiger partial charge < -0.3 is 15.0 Å². The fraction of sp³-hybridized carbons (Fsp3) is 0.333. The van der Waals surface area contributed by atoms with Crippen molar-refractivity contribution in [3.8, 4) is 5.75 Å². The second-order valence-corrected chi connectivity index (χ2v) is 7.43. The van der Waals surface area contributed by atoms with Crippen LogP contribution >= 0.6 is 0 Å². The van der Waals surface area contributed by atoms with E-state index in [2.05, 4.69) is 26.1 Å². The maximum absolute atomic E-state index is 12.3. The minimum absolute atomic E-state index is 0.00684. The first-order valence-corrected chi connectivity index (χ1v) is 8.77. The molecule has 0 unspecified atom stereocenters. The van der Waals surface area contributed by atoms with Crippen LogP contribution in [0.5, 0.6) is 5.75 Å². The Morgan fingerprint density at radius 2 is 1.81 bits per heavy atom. The van der Waals surface area contributed by atoms with Gasteiger partial charge in [-0.3, -0.25) is 9.59 Å². The van der Waals surface area contributed by atoms with E-state index in [9.17, 15) is 9.59 Å². The monoisotopic (exact) mass is 352 g/mol. The molecule has 5 nitrogen and oxygen atoms in total. The molecule has 0 bridgehead atoms. The highest BCUT2D eigenvalue weighted by Gasteiger charge is 2.25. The van der Waals surface area contributed by atoms with Gasteiger partial charge in [0.15, 0.2) is 6.61 Å². The summed E-state index contributed by atoms with van der Waals surface area (Å²) in [7, 11) is 0. The van der Waals surface area contributed by atoms with Crippen LogP contribution in [-0.4, -0.2) is 25.0 Å². The van der Waals surface area contributed by atoms with E-state index in [-0.39, 0.29) is 30.3 Å². The van der Waals surface area contributed by atoms with E-state index in [0.717, 1.165) is 5.69 Å². The lowest BCUT2D eigenvalue weighted by Crippen LogP contribution is -2.40. The Bertz CT molecular complexity index is 807. The van der Waals surface area contributed by atoms with Gasteiger partial charge in [-0.1, -0.05) is 45.0 Å². The summed E-state index contributed by atoms with van der Waals surface area (Å²) >= 11 is 0. The second-order valence-electron chi connectivity index (χ2n) is 7.43. The number of para-hydroxylation sites is 2. The molecule has 5 heteroatoms. The minimum Gasteiger partial charge on any atom is -0.482 e. The van der Waals surface area contributed by atoms with E-state index in [0.29, 0.717) is 18.0 Å². The Morgan fingerprint density at radius 1 is 1.12 bits per heavy atom. The number of hydrogen-bond acceptors (Lipinski definition) is 3. The Balaban J connectivity index is 1.60. The zero-order valence-corrected chi connectivity index (χ0v) is 15.4. The van der Waals surface area contributed by atoms with Gasteiger partial charge in [-0.25, -0.2) is 0 Å². The largest absolute Gasteiger partial charge is 0.482 e. The number of carbonyl (C=O) groups is 2. The Morgan fingerprint density at radius 3 is 2.50 bits per heavy atom. The van der Waals surface area contributed by atoms with E-state index in [1.54, 1.807) is 4.90 Å². The smallest absolute Gasteiger partial charge is 0.265 e. The number of fused-ring (bicyclic) bond motifs is 1. The molecule has 1 aliphatic heterocycles. The predicted molar refractivity (Wildman–Crippen MR) is 103 cm³/mol. The van der Waals surface area contributed by atoms with Crippen molar-refractivity contribution in [1.82, 2.24) is 0 Å². The van der Waals surface area contributed by atoms with Gasteiger partial charge in [0.05, 0.1) is 5.69 Å². The SMILES string of the molecule is CC(C)(C)c1ccc(NC(=O)CCN2C(=O)COc3ccccc32)cc1. The molecule has 0 aromatic heterocycles. The van der Waals surface area contributed by atoms with Gasteiger partial charge in [-0.15, -0.1) is 0 Å². The van der Waals surface area contributed by atoms with Crippen molar-refractivity contribution in [3.63, 3.8) is 0 Å². The number of rotatable bonds is 4. The molecular formula is C21H24N2O3.